The SMILES string of the molecule is CCOCCOCCOCCOCCOCCOCCOCCOCCOCCOCCOCCOCCO[Si](C)(C)C. The second-order valence-corrected chi connectivity index (χ2v) is 14.4. The highest BCUT2D eigenvalue weighted by Crippen LogP contribution is 2.01. The lowest BCUT2D eigenvalue weighted by Gasteiger charge is -2.16. The predicted octanol–water partition coefficient (Wildman–Crippen LogP) is 2.06. The van der Waals surface area contributed by atoms with E-state index in [1.807, 2.05) is 6.92 Å². The summed E-state index contributed by atoms with van der Waals surface area (Å²) in [6, 6.07) is 0. The second-order valence-electron chi connectivity index (χ2n) is 9.89. The molecule has 0 fully saturated rings. The zero-order chi connectivity index (χ0) is 31.4. The van der Waals surface area contributed by atoms with E-state index in [2.05, 4.69) is 19.6 Å². The van der Waals surface area contributed by atoms with Gasteiger partial charge in [-0.1, -0.05) is 0 Å². The van der Waals surface area contributed by atoms with Gasteiger partial charge in [0.1, 0.15) is 0 Å². The van der Waals surface area contributed by atoms with Crippen LogP contribution in [0.1, 0.15) is 6.92 Å². The Balaban J connectivity index is 3.05. The summed E-state index contributed by atoms with van der Waals surface area (Å²) in [5, 5.41) is 0. The number of ether oxygens (including phenoxy) is 12. The Labute approximate surface area is 261 Å². The van der Waals surface area contributed by atoms with E-state index in [0.29, 0.717) is 165 Å². The van der Waals surface area contributed by atoms with Gasteiger partial charge in [0, 0.05) is 6.61 Å². The van der Waals surface area contributed by atoms with Gasteiger partial charge in [-0.2, -0.15) is 0 Å². The van der Waals surface area contributed by atoms with Crippen molar-refractivity contribution >= 4 is 8.32 Å². The molecule has 0 unspecified atom stereocenters. The predicted molar refractivity (Wildman–Crippen MR) is 165 cm³/mol. The molecule has 0 bridgehead atoms. The summed E-state index contributed by atoms with van der Waals surface area (Å²) in [6.07, 6.45) is 0. The molecule has 0 rings (SSSR count). The van der Waals surface area contributed by atoms with Crippen LogP contribution in [0, 0.1) is 0 Å². The lowest BCUT2D eigenvalue weighted by molar-refractivity contribution is -0.0284. The van der Waals surface area contributed by atoms with Crippen molar-refractivity contribution in [2.75, 3.05) is 165 Å². The molecular weight excluding hydrogens is 584 g/mol. The molecule has 0 aromatic carbocycles. The lowest BCUT2D eigenvalue weighted by Crippen LogP contribution is -2.27. The summed E-state index contributed by atoms with van der Waals surface area (Å²) in [5.41, 5.74) is 0. The molecule has 13 nitrogen and oxygen atoms in total. The third-order valence-corrected chi connectivity index (χ3v) is 6.13. The Bertz CT molecular complexity index is 515. The average Bonchev–Trinajstić information content (AvgIpc) is 2.98. The molecule has 0 radical (unpaired) electrons. The highest BCUT2D eigenvalue weighted by atomic mass is 28.4. The van der Waals surface area contributed by atoms with E-state index in [-0.39, 0.29) is 0 Å². The van der Waals surface area contributed by atoms with Crippen LogP contribution in [0.25, 0.3) is 0 Å². The van der Waals surface area contributed by atoms with Crippen LogP contribution < -0.4 is 0 Å². The zero-order valence-corrected chi connectivity index (χ0v) is 28.5. The van der Waals surface area contributed by atoms with E-state index in [4.69, 9.17) is 61.3 Å². The molecule has 0 N–H and O–H groups in total. The maximum absolute atomic E-state index is 5.71. The Hall–Kier alpha value is -0.303. The van der Waals surface area contributed by atoms with Gasteiger partial charge in [-0.25, -0.2) is 0 Å². The first-order chi connectivity index (χ1) is 21.1. The van der Waals surface area contributed by atoms with E-state index in [1.165, 1.54) is 0 Å². The van der Waals surface area contributed by atoms with Crippen LogP contribution in [0.2, 0.25) is 19.6 Å². The molecule has 0 heterocycles. The summed E-state index contributed by atoms with van der Waals surface area (Å²) in [6.45, 7) is 22.2. The highest BCUT2D eigenvalue weighted by Gasteiger charge is 2.13. The topological polar surface area (TPSA) is 120 Å². The summed E-state index contributed by atoms with van der Waals surface area (Å²) < 4.78 is 70.9. The van der Waals surface area contributed by atoms with Crippen molar-refractivity contribution in [2.24, 2.45) is 0 Å². The van der Waals surface area contributed by atoms with Gasteiger partial charge < -0.3 is 61.3 Å². The molecule has 0 aliphatic rings. The van der Waals surface area contributed by atoms with Crippen molar-refractivity contribution in [1.29, 1.82) is 0 Å². The largest absolute Gasteiger partial charge is 0.415 e. The fourth-order valence-electron chi connectivity index (χ4n) is 2.97. The number of hydrogen-bond donors (Lipinski definition) is 0. The fraction of sp³-hybridized carbons (Fsp3) is 1.00. The molecule has 260 valence electrons. The monoisotopic (exact) mass is 646 g/mol. The first kappa shape index (κ1) is 42.7. The third-order valence-electron chi connectivity index (χ3n) is 5.06. The van der Waals surface area contributed by atoms with Crippen molar-refractivity contribution in [1.82, 2.24) is 0 Å². The van der Waals surface area contributed by atoms with Crippen molar-refractivity contribution in [2.45, 2.75) is 26.6 Å². The minimum Gasteiger partial charge on any atom is -0.415 e. The van der Waals surface area contributed by atoms with Gasteiger partial charge in [0.25, 0.3) is 0 Å². The molecule has 0 spiro atoms. The first-order valence-electron chi connectivity index (χ1n) is 15.6. The number of hydrogen-bond acceptors (Lipinski definition) is 13. The first-order valence-corrected chi connectivity index (χ1v) is 19.0. The molecule has 0 saturated heterocycles. The maximum atomic E-state index is 5.71. The van der Waals surface area contributed by atoms with Crippen LogP contribution in [-0.2, 0) is 61.3 Å². The fourth-order valence-corrected chi connectivity index (χ4v) is 3.67. The minimum absolute atomic E-state index is 0.516. The molecule has 0 aromatic heterocycles. The second kappa shape index (κ2) is 36.2. The number of rotatable bonds is 38. The summed E-state index contributed by atoms with van der Waals surface area (Å²) >= 11 is 0. The summed E-state index contributed by atoms with van der Waals surface area (Å²) in [7, 11) is -1.45. The van der Waals surface area contributed by atoms with Gasteiger partial charge in [-0.15, -0.1) is 0 Å². The van der Waals surface area contributed by atoms with Crippen molar-refractivity contribution in [3.63, 3.8) is 0 Å². The smallest absolute Gasteiger partial charge is 0.183 e. The Morgan fingerprint density at radius 1 is 0.256 bits per heavy atom. The van der Waals surface area contributed by atoms with E-state index in [1.54, 1.807) is 0 Å². The Morgan fingerprint density at radius 2 is 0.419 bits per heavy atom. The molecule has 0 aromatic rings. The molecule has 0 amide bonds. The van der Waals surface area contributed by atoms with Gasteiger partial charge in [-0.05, 0) is 26.6 Å². The standard InChI is InChI=1S/C29H62O13Si/c1-5-30-6-7-31-8-9-32-10-11-33-12-13-34-14-15-35-16-17-36-18-19-37-20-21-38-22-23-39-24-25-40-26-27-41-28-29-42-43(2,3)4/h5-29H2,1-4H3. The molecule has 14 heteroatoms. The summed E-state index contributed by atoms with van der Waals surface area (Å²) in [4.78, 5) is 0. The van der Waals surface area contributed by atoms with E-state index in [9.17, 15) is 0 Å². The van der Waals surface area contributed by atoms with E-state index >= 15 is 0 Å². The van der Waals surface area contributed by atoms with Gasteiger partial charge in [0.05, 0.1) is 159 Å². The zero-order valence-electron chi connectivity index (χ0n) is 27.5. The Kier molecular flexibility index (Phi) is 35.9. The van der Waals surface area contributed by atoms with Crippen LogP contribution in [-0.4, -0.2) is 173 Å². The van der Waals surface area contributed by atoms with E-state index < -0.39 is 8.32 Å². The van der Waals surface area contributed by atoms with Gasteiger partial charge in [0.2, 0.25) is 0 Å². The quantitative estimate of drug-likeness (QED) is 0.0720. The third kappa shape index (κ3) is 41.7. The van der Waals surface area contributed by atoms with Crippen LogP contribution in [0.4, 0.5) is 0 Å². The van der Waals surface area contributed by atoms with Crippen LogP contribution >= 0.6 is 0 Å². The van der Waals surface area contributed by atoms with Crippen molar-refractivity contribution < 1.29 is 61.3 Å². The summed E-state index contributed by atoms with van der Waals surface area (Å²) in [5.74, 6) is 0. The van der Waals surface area contributed by atoms with Gasteiger partial charge in [-0.3, -0.25) is 0 Å². The van der Waals surface area contributed by atoms with Gasteiger partial charge >= 0.3 is 0 Å². The lowest BCUT2D eigenvalue weighted by atomic mass is 10.6. The normalized spacial score (nSPS) is 12.0. The molecule has 0 atom stereocenters. The molecule has 0 saturated carbocycles. The molecule has 43 heavy (non-hydrogen) atoms. The Morgan fingerprint density at radius 3 is 0.581 bits per heavy atom. The minimum atomic E-state index is -1.45. The maximum Gasteiger partial charge on any atom is 0.183 e. The average molecular weight is 647 g/mol. The van der Waals surface area contributed by atoms with Crippen molar-refractivity contribution in [3.8, 4) is 0 Å². The van der Waals surface area contributed by atoms with Crippen LogP contribution in [0.15, 0.2) is 0 Å². The van der Waals surface area contributed by atoms with Gasteiger partial charge in [0.15, 0.2) is 8.32 Å². The van der Waals surface area contributed by atoms with Crippen LogP contribution in [0.3, 0.4) is 0 Å². The van der Waals surface area contributed by atoms with Crippen LogP contribution in [0.5, 0.6) is 0 Å². The molecule has 0 aliphatic heterocycles. The van der Waals surface area contributed by atoms with Crippen molar-refractivity contribution in [3.05, 3.63) is 0 Å². The van der Waals surface area contributed by atoms with E-state index in [0.717, 1.165) is 0 Å². The molecule has 0 aliphatic carbocycles. The highest BCUT2D eigenvalue weighted by molar-refractivity contribution is 6.69. The molecular formula is C29H62O13Si.